The SMILES string of the molecule is O=[S](=O)([O-])[BiH2].[Na+]. The molecule has 0 aromatic rings. The van der Waals surface area contributed by atoms with Crippen molar-refractivity contribution in [2.24, 2.45) is 0 Å². The van der Waals surface area contributed by atoms with Gasteiger partial charge in [-0.3, -0.25) is 0 Å². The van der Waals surface area contributed by atoms with Gasteiger partial charge in [0.25, 0.3) is 0 Å². The second kappa shape index (κ2) is 3.75. The van der Waals surface area contributed by atoms with Gasteiger partial charge in [-0.05, 0) is 0 Å². The second-order valence-electron chi connectivity index (χ2n) is 0.493. The first kappa shape index (κ1) is 10.7. The molecule has 0 rings (SSSR count). The first-order valence-corrected chi connectivity index (χ1v) is 7.70. The molecule has 6 heteroatoms. The van der Waals surface area contributed by atoms with E-state index in [0.29, 0.717) is 0 Å². The molecule has 0 fully saturated rings. The Balaban J connectivity index is 0. The van der Waals surface area contributed by atoms with Gasteiger partial charge < -0.3 is 0 Å². The van der Waals surface area contributed by atoms with Crippen molar-refractivity contribution >= 4 is 30.1 Å². The first-order valence-electron chi connectivity index (χ1n) is 0.736. The van der Waals surface area contributed by atoms with Crippen LogP contribution in [-0.4, -0.2) is 36.2 Å². The fourth-order valence-corrected chi connectivity index (χ4v) is 0. The average molecular weight is 314 g/mol. The van der Waals surface area contributed by atoms with E-state index in [1.807, 2.05) is 0 Å². The van der Waals surface area contributed by atoms with Crippen LogP contribution in [0.15, 0.2) is 0 Å². The van der Waals surface area contributed by atoms with Gasteiger partial charge in [0.1, 0.15) is 0 Å². The Bertz CT molecular complexity index is 94.0. The molecule has 0 aliphatic carbocycles. The number of hydrogen-bond donors (Lipinski definition) is 0. The Morgan fingerprint density at radius 3 is 1.50 bits per heavy atom. The van der Waals surface area contributed by atoms with Gasteiger partial charge in [0.05, 0.1) is 0 Å². The van der Waals surface area contributed by atoms with Crippen molar-refractivity contribution in [3.8, 4) is 0 Å². The monoisotopic (exact) mass is 314 g/mol. The van der Waals surface area contributed by atoms with E-state index in [0.717, 1.165) is 0 Å². The molecule has 3 nitrogen and oxygen atoms in total. The summed E-state index contributed by atoms with van der Waals surface area (Å²) in [7, 11) is 0. The summed E-state index contributed by atoms with van der Waals surface area (Å²) in [5.74, 6) is 0. The van der Waals surface area contributed by atoms with Gasteiger partial charge >= 0.3 is 72.7 Å². The van der Waals surface area contributed by atoms with Gasteiger partial charge in [-0.25, -0.2) is 0 Å². The summed E-state index contributed by atoms with van der Waals surface area (Å²) >= 11 is -0.451. The van der Waals surface area contributed by atoms with Crippen LogP contribution in [0, 0.1) is 0 Å². The van der Waals surface area contributed by atoms with Crippen LogP contribution in [0.5, 0.6) is 0 Å². The molecule has 0 amide bonds. The summed E-state index contributed by atoms with van der Waals surface area (Å²) in [6.45, 7) is -3.75. The molecule has 0 atom stereocenters. The molecule has 0 radical (unpaired) electrons. The maximum absolute atomic E-state index is 9.15. The predicted molar refractivity (Wildman–Crippen MR) is 18.2 cm³/mol. The van der Waals surface area contributed by atoms with Crippen molar-refractivity contribution in [1.29, 1.82) is 0 Å². The fourth-order valence-electron chi connectivity index (χ4n) is 0. The molecular weight excluding hydrogens is 312 g/mol. The van der Waals surface area contributed by atoms with Gasteiger partial charge in [-0.1, -0.05) is 0 Å². The Kier molecular flexibility index (Phi) is 6.70. The summed E-state index contributed by atoms with van der Waals surface area (Å²) in [4.78, 5) is 0. The van der Waals surface area contributed by atoms with Crippen LogP contribution in [0.3, 0.4) is 0 Å². The van der Waals surface area contributed by atoms with E-state index in [2.05, 4.69) is 0 Å². The van der Waals surface area contributed by atoms with Crippen LogP contribution in [0.1, 0.15) is 0 Å². The van der Waals surface area contributed by atoms with Gasteiger partial charge in [0, 0.05) is 0 Å². The van der Waals surface area contributed by atoms with Crippen LogP contribution in [-0.2, 0) is 6.87 Å². The first-order chi connectivity index (χ1) is 2.00. The summed E-state index contributed by atoms with van der Waals surface area (Å²) < 4.78 is 27.5. The molecule has 0 aliphatic heterocycles. The third kappa shape index (κ3) is 41.4. The van der Waals surface area contributed by atoms with Crippen LogP contribution < -0.4 is 29.6 Å². The summed E-state index contributed by atoms with van der Waals surface area (Å²) in [5, 5.41) is 0. The van der Waals surface area contributed by atoms with Gasteiger partial charge in [0.2, 0.25) is 0 Å². The Labute approximate surface area is 71.6 Å². The zero-order chi connectivity index (χ0) is 4.50. The minimum atomic E-state index is -3.75. The Morgan fingerprint density at radius 2 is 1.50 bits per heavy atom. The molecule has 0 heterocycles. The molecule has 0 unspecified atom stereocenters. The summed E-state index contributed by atoms with van der Waals surface area (Å²) in [6.07, 6.45) is 0. The molecule has 0 saturated heterocycles. The largest absolute Gasteiger partial charge is 1.00 e. The molecule has 0 N–H and O–H groups in total. The standard InChI is InChI=1S/Bi.Na.O3S.2H/c;;1-4(2)3;;/q;+1;-1;;. The minimum Gasteiger partial charge on any atom is 1.00 e. The van der Waals surface area contributed by atoms with Crippen LogP contribution >= 0.6 is 0 Å². The van der Waals surface area contributed by atoms with Crippen LogP contribution in [0.2, 0.25) is 0 Å². The molecule has 0 bridgehead atoms. The molecule has 0 aromatic carbocycles. The Hall–Kier alpha value is 1.79. The van der Waals surface area contributed by atoms with E-state index in [1.54, 1.807) is 0 Å². The van der Waals surface area contributed by atoms with Gasteiger partial charge in [-0.2, -0.15) is 0 Å². The van der Waals surface area contributed by atoms with Crippen molar-refractivity contribution in [2.45, 2.75) is 0 Å². The topological polar surface area (TPSA) is 57.2 Å². The smallest absolute Gasteiger partial charge is 1.00 e. The van der Waals surface area contributed by atoms with E-state index >= 15 is 0 Å². The van der Waals surface area contributed by atoms with E-state index in [1.165, 1.54) is 0 Å². The molecule has 0 saturated carbocycles. The van der Waals surface area contributed by atoms with Crippen LogP contribution in [0.25, 0.3) is 0 Å². The van der Waals surface area contributed by atoms with E-state index in [9.17, 15) is 0 Å². The molecular formula is H2BiNaO3S. The molecule has 0 spiro atoms. The number of rotatable bonds is 0. The minimum absolute atomic E-state index is 0. The molecule has 0 aromatic heterocycles. The third-order valence-corrected chi connectivity index (χ3v) is 0. The second-order valence-corrected chi connectivity index (χ2v) is 8.21. The van der Waals surface area contributed by atoms with Crippen molar-refractivity contribution in [3.63, 3.8) is 0 Å². The predicted octanol–water partition coefficient (Wildman–Crippen LogP) is -4.92. The van der Waals surface area contributed by atoms with Crippen molar-refractivity contribution < 1.29 is 42.5 Å². The fraction of sp³-hybridized carbons (Fsp3) is 0. The quantitative estimate of drug-likeness (QED) is 0.333. The van der Waals surface area contributed by atoms with Crippen molar-refractivity contribution in [1.82, 2.24) is 0 Å². The van der Waals surface area contributed by atoms with Crippen LogP contribution in [0.4, 0.5) is 0 Å². The Morgan fingerprint density at radius 1 is 1.50 bits per heavy atom. The third-order valence-electron chi connectivity index (χ3n) is 0. The maximum Gasteiger partial charge on any atom is 1.00 e. The molecule has 32 valence electrons. The summed E-state index contributed by atoms with van der Waals surface area (Å²) in [6, 6.07) is 0. The zero-order valence-corrected chi connectivity index (χ0v) is 10.5. The van der Waals surface area contributed by atoms with Gasteiger partial charge in [0.15, 0.2) is 0 Å². The average Bonchev–Trinajstić information content (AvgIpc) is 0.722. The van der Waals surface area contributed by atoms with Gasteiger partial charge in [-0.15, -0.1) is 0 Å². The molecule has 0 aliphatic rings. The zero-order valence-electron chi connectivity index (χ0n) is 3.21. The van der Waals surface area contributed by atoms with E-state index in [-0.39, 0.29) is 29.6 Å². The normalized spacial score (nSPS) is 9.67. The summed E-state index contributed by atoms with van der Waals surface area (Å²) in [5.41, 5.74) is 0. The van der Waals surface area contributed by atoms with E-state index in [4.69, 9.17) is 13.0 Å². The maximum atomic E-state index is 9.15. The van der Waals surface area contributed by atoms with Crippen molar-refractivity contribution in [3.05, 3.63) is 0 Å². The number of hydrogen-bond acceptors (Lipinski definition) is 3. The van der Waals surface area contributed by atoms with Crippen molar-refractivity contribution in [2.75, 3.05) is 0 Å². The van der Waals surface area contributed by atoms with E-state index < -0.39 is 30.1 Å². The molecule has 6 heavy (non-hydrogen) atoms.